The van der Waals surface area contributed by atoms with E-state index < -0.39 is 0 Å². The molecule has 0 aliphatic carbocycles. The molecule has 0 amide bonds. The van der Waals surface area contributed by atoms with Gasteiger partial charge < -0.3 is 15.4 Å². The molecule has 138 valence electrons. The van der Waals surface area contributed by atoms with Crippen molar-refractivity contribution in [1.82, 2.24) is 15.5 Å². The first-order chi connectivity index (χ1) is 10.7. The number of rotatable bonds is 9. The van der Waals surface area contributed by atoms with Crippen LogP contribution in [0.3, 0.4) is 0 Å². The standard InChI is InChI=1S/C16H34N4OS.HI/c1-5-17-16(18-6-11-22-4)19-13-15(12-14(2)3)20-7-9-21-10-8-20;/h14-15H,5-13H2,1-4H3,(H2,17,18,19);1H. The first-order valence-corrected chi connectivity index (χ1v) is 9.89. The van der Waals surface area contributed by atoms with Crippen LogP contribution in [0.25, 0.3) is 0 Å². The summed E-state index contributed by atoms with van der Waals surface area (Å²) in [7, 11) is 0. The van der Waals surface area contributed by atoms with Gasteiger partial charge in [-0.3, -0.25) is 9.89 Å². The summed E-state index contributed by atoms with van der Waals surface area (Å²) in [6.07, 6.45) is 3.32. The second-order valence-corrected chi connectivity index (χ2v) is 7.06. The summed E-state index contributed by atoms with van der Waals surface area (Å²) in [5, 5.41) is 6.75. The van der Waals surface area contributed by atoms with E-state index in [1.165, 1.54) is 6.42 Å². The summed E-state index contributed by atoms with van der Waals surface area (Å²) in [6.45, 7) is 13.2. The predicted molar refractivity (Wildman–Crippen MR) is 113 cm³/mol. The number of aliphatic imine (C=N–C) groups is 1. The SMILES string of the molecule is CCNC(=NCC(CC(C)C)N1CCOCC1)NCCSC.I. The Morgan fingerprint density at radius 1 is 1.26 bits per heavy atom. The Labute approximate surface area is 163 Å². The van der Waals surface area contributed by atoms with Crippen LogP contribution in [-0.4, -0.2) is 74.8 Å². The predicted octanol–water partition coefficient (Wildman–Crippen LogP) is 2.27. The fourth-order valence-electron chi connectivity index (χ4n) is 2.64. The maximum absolute atomic E-state index is 5.48. The van der Waals surface area contributed by atoms with Crippen LogP contribution in [-0.2, 0) is 4.74 Å². The number of guanidine groups is 1. The van der Waals surface area contributed by atoms with Gasteiger partial charge in [0, 0.05) is 38.0 Å². The first kappa shape index (κ1) is 23.3. The van der Waals surface area contributed by atoms with Crippen LogP contribution in [0.2, 0.25) is 0 Å². The second-order valence-electron chi connectivity index (χ2n) is 6.07. The van der Waals surface area contributed by atoms with E-state index in [2.05, 4.69) is 42.6 Å². The lowest BCUT2D eigenvalue weighted by Gasteiger charge is -2.34. The van der Waals surface area contributed by atoms with Gasteiger partial charge in [0.2, 0.25) is 0 Å². The summed E-state index contributed by atoms with van der Waals surface area (Å²) < 4.78 is 5.48. The third kappa shape index (κ3) is 10.7. The largest absolute Gasteiger partial charge is 0.379 e. The van der Waals surface area contributed by atoms with Crippen LogP contribution in [0.1, 0.15) is 27.2 Å². The maximum Gasteiger partial charge on any atom is 0.191 e. The fourth-order valence-corrected chi connectivity index (χ4v) is 2.94. The Hall–Kier alpha value is 0.270. The van der Waals surface area contributed by atoms with Crippen LogP contribution < -0.4 is 10.6 Å². The van der Waals surface area contributed by atoms with Crippen LogP contribution >= 0.6 is 35.7 Å². The Morgan fingerprint density at radius 3 is 2.52 bits per heavy atom. The fraction of sp³-hybridized carbons (Fsp3) is 0.938. The van der Waals surface area contributed by atoms with E-state index in [9.17, 15) is 0 Å². The molecule has 0 aromatic heterocycles. The molecule has 7 heteroatoms. The average molecular weight is 458 g/mol. The maximum atomic E-state index is 5.48. The minimum absolute atomic E-state index is 0. The Balaban J connectivity index is 0.00000484. The van der Waals surface area contributed by atoms with Gasteiger partial charge in [0.05, 0.1) is 19.8 Å². The van der Waals surface area contributed by atoms with E-state index in [4.69, 9.17) is 9.73 Å². The lowest BCUT2D eigenvalue weighted by molar-refractivity contribution is 0.0143. The molecular weight excluding hydrogens is 423 g/mol. The van der Waals surface area contributed by atoms with Crippen molar-refractivity contribution >= 4 is 41.7 Å². The first-order valence-electron chi connectivity index (χ1n) is 8.50. The number of morpholine rings is 1. The van der Waals surface area contributed by atoms with Crippen LogP contribution in [0.5, 0.6) is 0 Å². The number of nitrogens with one attached hydrogen (secondary N) is 2. The van der Waals surface area contributed by atoms with E-state index in [-0.39, 0.29) is 24.0 Å². The third-order valence-corrected chi connectivity index (χ3v) is 4.32. The summed E-state index contributed by atoms with van der Waals surface area (Å²) in [5.74, 6) is 2.73. The molecule has 1 unspecified atom stereocenters. The van der Waals surface area contributed by atoms with Crippen molar-refractivity contribution in [2.24, 2.45) is 10.9 Å². The highest BCUT2D eigenvalue weighted by Crippen LogP contribution is 2.14. The minimum Gasteiger partial charge on any atom is -0.379 e. The zero-order valence-electron chi connectivity index (χ0n) is 15.1. The summed E-state index contributed by atoms with van der Waals surface area (Å²) in [6, 6.07) is 0.514. The molecule has 1 fully saturated rings. The number of hydrogen-bond donors (Lipinski definition) is 2. The Bertz CT molecular complexity index is 312. The van der Waals surface area contributed by atoms with E-state index in [0.717, 1.165) is 57.6 Å². The molecule has 1 heterocycles. The van der Waals surface area contributed by atoms with Crippen LogP contribution in [0.15, 0.2) is 4.99 Å². The highest BCUT2D eigenvalue weighted by Gasteiger charge is 2.21. The van der Waals surface area contributed by atoms with Crippen LogP contribution in [0, 0.1) is 5.92 Å². The molecule has 0 bridgehead atoms. The van der Waals surface area contributed by atoms with Crippen molar-refractivity contribution in [3.05, 3.63) is 0 Å². The molecule has 5 nitrogen and oxygen atoms in total. The highest BCUT2D eigenvalue weighted by molar-refractivity contribution is 14.0. The third-order valence-electron chi connectivity index (χ3n) is 3.71. The summed E-state index contributed by atoms with van der Waals surface area (Å²) in [4.78, 5) is 7.36. The zero-order valence-corrected chi connectivity index (χ0v) is 18.3. The Morgan fingerprint density at radius 2 is 1.96 bits per heavy atom. The number of nitrogens with zero attached hydrogens (tertiary/aromatic N) is 2. The molecule has 0 aromatic rings. The van der Waals surface area contributed by atoms with Gasteiger partial charge in [0.15, 0.2) is 5.96 Å². The van der Waals surface area contributed by atoms with Gasteiger partial charge in [-0.2, -0.15) is 11.8 Å². The molecule has 1 rings (SSSR count). The quantitative estimate of drug-likeness (QED) is 0.240. The molecule has 0 radical (unpaired) electrons. The van der Waals surface area contributed by atoms with Crippen molar-refractivity contribution in [3.63, 3.8) is 0 Å². The van der Waals surface area contributed by atoms with E-state index >= 15 is 0 Å². The topological polar surface area (TPSA) is 48.9 Å². The summed E-state index contributed by atoms with van der Waals surface area (Å²) >= 11 is 1.85. The van der Waals surface area contributed by atoms with Crippen molar-refractivity contribution in [1.29, 1.82) is 0 Å². The number of thioether (sulfide) groups is 1. The molecule has 2 N–H and O–H groups in total. The van der Waals surface area contributed by atoms with Crippen LogP contribution in [0.4, 0.5) is 0 Å². The zero-order chi connectivity index (χ0) is 16.2. The molecule has 0 aromatic carbocycles. The lowest BCUT2D eigenvalue weighted by atomic mass is 10.0. The normalized spacial score (nSPS) is 17.7. The summed E-state index contributed by atoms with van der Waals surface area (Å²) in [5.41, 5.74) is 0. The van der Waals surface area contributed by atoms with Gasteiger partial charge in [-0.15, -0.1) is 24.0 Å². The van der Waals surface area contributed by atoms with Gasteiger partial charge in [0.1, 0.15) is 0 Å². The van der Waals surface area contributed by atoms with Crippen molar-refractivity contribution in [2.45, 2.75) is 33.2 Å². The molecule has 0 saturated carbocycles. The van der Waals surface area contributed by atoms with Crippen molar-refractivity contribution in [3.8, 4) is 0 Å². The van der Waals surface area contributed by atoms with Crippen molar-refractivity contribution < 1.29 is 4.74 Å². The van der Waals surface area contributed by atoms with Gasteiger partial charge in [-0.25, -0.2) is 0 Å². The molecule has 23 heavy (non-hydrogen) atoms. The average Bonchev–Trinajstić information content (AvgIpc) is 2.52. The lowest BCUT2D eigenvalue weighted by Crippen LogP contribution is -2.46. The number of hydrogen-bond acceptors (Lipinski definition) is 4. The van der Waals surface area contributed by atoms with E-state index in [1.807, 2.05) is 11.8 Å². The van der Waals surface area contributed by atoms with Gasteiger partial charge in [-0.1, -0.05) is 13.8 Å². The Kier molecular flexibility index (Phi) is 14.8. The van der Waals surface area contributed by atoms with Crippen molar-refractivity contribution in [2.75, 3.05) is 57.9 Å². The molecule has 1 aliphatic rings. The highest BCUT2D eigenvalue weighted by atomic mass is 127. The molecule has 1 saturated heterocycles. The molecular formula is C16H35IN4OS. The second kappa shape index (κ2) is 14.6. The number of halogens is 1. The minimum atomic E-state index is 0. The van der Waals surface area contributed by atoms with E-state index in [1.54, 1.807) is 0 Å². The monoisotopic (exact) mass is 458 g/mol. The van der Waals surface area contributed by atoms with E-state index in [0.29, 0.717) is 12.0 Å². The smallest absolute Gasteiger partial charge is 0.191 e. The molecule has 1 aliphatic heterocycles. The molecule has 0 spiro atoms. The van der Waals surface area contributed by atoms with Gasteiger partial charge in [-0.05, 0) is 25.5 Å². The van der Waals surface area contributed by atoms with Gasteiger partial charge in [0.25, 0.3) is 0 Å². The number of ether oxygens (including phenoxy) is 1. The molecule has 1 atom stereocenters. The van der Waals surface area contributed by atoms with Gasteiger partial charge >= 0.3 is 0 Å².